The molecule has 0 radical (unpaired) electrons. The third-order valence-corrected chi connectivity index (χ3v) is 10.1. The highest BCUT2D eigenvalue weighted by Crippen LogP contribution is 2.63. The van der Waals surface area contributed by atoms with Crippen LogP contribution < -0.4 is 0 Å². The van der Waals surface area contributed by atoms with Gasteiger partial charge in [-0.1, -0.05) is 44.2 Å². The number of aromatic nitrogens is 1. The zero-order valence-electron chi connectivity index (χ0n) is 19.8. The summed E-state index contributed by atoms with van der Waals surface area (Å²) in [4.78, 5) is 21.9. The zero-order valence-corrected chi connectivity index (χ0v) is 20.6. The molecule has 2 N–H and O–H groups in total. The van der Waals surface area contributed by atoms with Crippen LogP contribution in [-0.2, 0) is 11.2 Å². The normalized spacial score (nSPS) is 33.9. The molecule has 2 aliphatic carbocycles. The summed E-state index contributed by atoms with van der Waals surface area (Å²) in [5.74, 6) is 0.348. The number of fused-ring (bicyclic) bond motifs is 2. The topological polar surface area (TPSA) is 73.7 Å². The molecule has 5 rings (SSSR count). The molecule has 1 aliphatic heterocycles. The van der Waals surface area contributed by atoms with Crippen molar-refractivity contribution in [2.24, 2.45) is 16.7 Å². The Morgan fingerprint density at radius 1 is 1.18 bits per heavy atom. The van der Waals surface area contributed by atoms with E-state index in [0.29, 0.717) is 12.8 Å². The fourth-order valence-electron chi connectivity index (χ4n) is 6.80. The maximum absolute atomic E-state index is 13.5. The van der Waals surface area contributed by atoms with Crippen LogP contribution in [0.2, 0.25) is 0 Å². The summed E-state index contributed by atoms with van der Waals surface area (Å²) < 4.78 is 0. The average Bonchev–Trinajstić information content (AvgIpc) is 3.28. The lowest BCUT2D eigenvalue weighted by Crippen LogP contribution is -2.57. The molecule has 2 heterocycles. The summed E-state index contributed by atoms with van der Waals surface area (Å²) in [6.07, 6.45) is 5.64. The quantitative estimate of drug-likeness (QED) is 0.686. The number of likely N-dealkylation sites (tertiary alicyclic amines) is 1. The Morgan fingerprint density at radius 3 is 2.61 bits per heavy atom. The number of nitrogens with zero attached hydrogens (tertiary/aromatic N) is 2. The second kappa shape index (κ2) is 8.79. The number of carbonyl (C=O) groups is 1. The van der Waals surface area contributed by atoms with Gasteiger partial charge in [-0.3, -0.25) is 4.79 Å². The molecule has 1 saturated carbocycles. The minimum Gasteiger partial charge on any atom is -0.396 e. The fraction of sp³-hybridized carbons (Fsp3) is 0.630. The van der Waals surface area contributed by atoms with Crippen LogP contribution in [-0.4, -0.2) is 51.8 Å². The van der Waals surface area contributed by atoms with Crippen molar-refractivity contribution in [2.75, 3.05) is 19.7 Å². The molecule has 1 saturated heterocycles. The molecular formula is C27H36N2O3S. The van der Waals surface area contributed by atoms with Crippen molar-refractivity contribution < 1.29 is 15.0 Å². The van der Waals surface area contributed by atoms with Crippen molar-refractivity contribution in [2.45, 2.75) is 70.8 Å². The van der Waals surface area contributed by atoms with Crippen molar-refractivity contribution in [3.8, 4) is 10.6 Å². The van der Waals surface area contributed by atoms with E-state index in [9.17, 15) is 15.0 Å². The number of amides is 1. The van der Waals surface area contributed by atoms with Gasteiger partial charge in [0.1, 0.15) is 5.01 Å². The molecular weight excluding hydrogens is 432 g/mol. The van der Waals surface area contributed by atoms with E-state index in [1.807, 2.05) is 30.0 Å². The number of carbonyl (C=O) groups excluding carboxylic acids is 1. The summed E-state index contributed by atoms with van der Waals surface area (Å²) in [5.41, 5.74) is 1.43. The van der Waals surface area contributed by atoms with Gasteiger partial charge < -0.3 is 15.1 Å². The molecule has 0 bridgehead atoms. The maximum atomic E-state index is 13.5. The van der Waals surface area contributed by atoms with Crippen LogP contribution in [0.25, 0.3) is 10.6 Å². The Balaban J connectivity index is 1.57. The van der Waals surface area contributed by atoms with Gasteiger partial charge in [0, 0.05) is 41.3 Å². The number of aliphatic hydroxyl groups is 2. The van der Waals surface area contributed by atoms with Gasteiger partial charge in [0.15, 0.2) is 0 Å². The SMILES string of the molecule is CC1(CO)C(O)CCC2(C)C(CC(=O)N3CCCCC3)c3nc(-c4ccccc4)sc3CC12. The molecule has 5 nitrogen and oxygen atoms in total. The minimum absolute atomic E-state index is 0.00719. The number of aliphatic hydroxyl groups excluding tert-OH is 2. The molecule has 2 aromatic rings. The smallest absolute Gasteiger partial charge is 0.223 e. The lowest BCUT2D eigenvalue weighted by Gasteiger charge is -2.58. The van der Waals surface area contributed by atoms with Gasteiger partial charge in [-0.2, -0.15) is 0 Å². The first-order chi connectivity index (χ1) is 15.9. The van der Waals surface area contributed by atoms with Crippen LogP contribution in [0.3, 0.4) is 0 Å². The second-order valence-corrected chi connectivity index (χ2v) is 12.0. The monoisotopic (exact) mass is 468 g/mol. The highest BCUT2D eigenvalue weighted by atomic mass is 32.1. The summed E-state index contributed by atoms with van der Waals surface area (Å²) >= 11 is 1.72. The minimum atomic E-state index is -0.575. The van der Waals surface area contributed by atoms with E-state index in [1.165, 1.54) is 11.3 Å². The summed E-state index contributed by atoms with van der Waals surface area (Å²) in [7, 11) is 0. The Labute approximate surface area is 200 Å². The highest BCUT2D eigenvalue weighted by molar-refractivity contribution is 7.15. The Bertz CT molecular complexity index is 1000. The van der Waals surface area contributed by atoms with Crippen molar-refractivity contribution in [3.05, 3.63) is 40.9 Å². The highest BCUT2D eigenvalue weighted by Gasteiger charge is 2.59. The summed E-state index contributed by atoms with van der Waals surface area (Å²) in [6, 6.07) is 10.3. The molecule has 3 aliphatic rings. The Hall–Kier alpha value is -1.76. The van der Waals surface area contributed by atoms with Crippen LogP contribution in [0.1, 0.15) is 68.9 Å². The molecule has 1 aromatic heterocycles. The average molecular weight is 469 g/mol. The number of benzene rings is 1. The number of hydrogen-bond donors (Lipinski definition) is 2. The molecule has 5 unspecified atom stereocenters. The van der Waals surface area contributed by atoms with Gasteiger partial charge in [-0.15, -0.1) is 11.3 Å². The molecule has 6 heteroatoms. The number of thiazole rings is 1. The van der Waals surface area contributed by atoms with E-state index >= 15 is 0 Å². The lowest BCUT2D eigenvalue weighted by molar-refractivity contribution is -0.147. The fourth-order valence-corrected chi connectivity index (χ4v) is 7.97. The predicted octanol–water partition coefficient (Wildman–Crippen LogP) is 4.63. The largest absolute Gasteiger partial charge is 0.396 e. The van der Waals surface area contributed by atoms with Crippen LogP contribution in [0, 0.1) is 16.7 Å². The number of hydrogen-bond acceptors (Lipinski definition) is 5. The molecule has 5 atom stereocenters. The van der Waals surface area contributed by atoms with Crippen LogP contribution in [0.5, 0.6) is 0 Å². The van der Waals surface area contributed by atoms with E-state index in [-0.39, 0.29) is 29.8 Å². The van der Waals surface area contributed by atoms with E-state index in [4.69, 9.17) is 4.98 Å². The first kappa shape index (κ1) is 23.0. The van der Waals surface area contributed by atoms with E-state index < -0.39 is 11.5 Å². The Kier molecular flexibility index (Phi) is 6.13. The van der Waals surface area contributed by atoms with E-state index in [1.54, 1.807) is 11.3 Å². The van der Waals surface area contributed by atoms with Gasteiger partial charge in [0.25, 0.3) is 0 Å². The van der Waals surface area contributed by atoms with Gasteiger partial charge in [-0.05, 0) is 49.9 Å². The van der Waals surface area contributed by atoms with E-state index in [0.717, 1.165) is 55.0 Å². The molecule has 2 fully saturated rings. The molecule has 0 spiro atoms. The van der Waals surface area contributed by atoms with Crippen LogP contribution in [0.15, 0.2) is 30.3 Å². The van der Waals surface area contributed by atoms with Gasteiger partial charge in [-0.25, -0.2) is 4.98 Å². The first-order valence-electron chi connectivity index (χ1n) is 12.5. The first-order valence-corrected chi connectivity index (χ1v) is 13.3. The molecule has 33 heavy (non-hydrogen) atoms. The summed E-state index contributed by atoms with van der Waals surface area (Å²) in [6.45, 7) is 6.00. The molecule has 1 amide bonds. The maximum Gasteiger partial charge on any atom is 0.223 e. The Morgan fingerprint density at radius 2 is 1.91 bits per heavy atom. The van der Waals surface area contributed by atoms with Crippen molar-refractivity contribution >= 4 is 17.2 Å². The molecule has 1 aromatic carbocycles. The summed E-state index contributed by atoms with van der Waals surface area (Å²) in [5, 5.41) is 22.4. The second-order valence-electron chi connectivity index (χ2n) is 10.9. The van der Waals surface area contributed by atoms with Crippen LogP contribution in [0.4, 0.5) is 0 Å². The molecule has 178 valence electrons. The van der Waals surface area contributed by atoms with Gasteiger partial charge in [0.05, 0.1) is 18.4 Å². The lowest BCUT2D eigenvalue weighted by atomic mass is 9.47. The van der Waals surface area contributed by atoms with Gasteiger partial charge in [0.2, 0.25) is 5.91 Å². The van der Waals surface area contributed by atoms with E-state index in [2.05, 4.69) is 19.1 Å². The number of piperidine rings is 1. The predicted molar refractivity (Wildman–Crippen MR) is 131 cm³/mol. The van der Waals surface area contributed by atoms with Gasteiger partial charge >= 0.3 is 0 Å². The van der Waals surface area contributed by atoms with Crippen molar-refractivity contribution in [1.82, 2.24) is 9.88 Å². The van der Waals surface area contributed by atoms with Crippen LogP contribution >= 0.6 is 11.3 Å². The van der Waals surface area contributed by atoms with Crippen molar-refractivity contribution in [1.29, 1.82) is 0 Å². The third kappa shape index (κ3) is 3.84. The third-order valence-electron chi connectivity index (χ3n) is 9.00. The van der Waals surface area contributed by atoms with Crippen molar-refractivity contribution in [3.63, 3.8) is 0 Å². The standard InChI is InChI=1S/C27H36N2O3S/c1-26-12-11-22(31)27(2,17-30)21(26)16-20-24(28-25(33-20)18-9-5-3-6-10-18)19(26)15-23(32)29-13-7-4-8-14-29/h3,5-6,9-10,19,21-22,30-31H,4,7-8,11-17H2,1-2H3. The number of rotatable bonds is 4. The zero-order chi connectivity index (χ0) is 23.2.